The number of esters is 1. The summed E-state index contributed by atoms with van der Waals surface area (Å²) >= 11 is 0. The van der Waals surface area contributed by atoms with Gasteiger partial charge in [0.05, 0.1) is 31.6 Å². The van der Waals surface area contributed by atoms with Gasteiger partial charge in [-0.3, -0.25) is 4.79 Å². The summed E-state index contributed by atoms with van der Waals surface area (Å²) in [6.07, 6.45) is 5.98. The molecule has 0 spiro atoms. The average Bonchev–Trinajstić information content (AvgIpc) is 3.33. The van der Waals surface area contributed by atoms with Gasteiger partial charge in [0.1, 0.15) is 0 Å². The summed E-state index contributed by atoms with van der Waals surface area (Å²) in [7, 11) is 1.39. The zero-order valence-electron chi connectivity index (χ0n) is 23.9. The number of unbranched alkanes of at least 4 members (excludes halogenated alkanes) is 1. The molecule has 0 bridgehead atoms. The van der Waals surface area contributed by atoms with Crippen LogP contribution in [0, 0.1) is 11.8 Å². The monoisotopic (exact) mass is 569 g/mol. The van der Waals surface area contributed by atoms with Gasteiger partial charge in [-0.1, -0.05) is 97.1 Å². The molecule has 8 heteroatoms. The van der Waals surface area contributed by atoms with Gasteiger partial charge in [-0.05, 0) is 47.4 Å². The third-order valence-electron chi connectivity index (χ3n) is 7.58. The van der Waals surface area contributed by atoms with Gasteiger partial charge in [0.2, 0.25) is 0 Å². The second-order valence-electron chi connectivity index (χ2n) is 10.4. The molecule has 0 aliphatic heterocycles. The smallest absolute Gasteiger partial charge is 0.332 e. The van der Waals surface area contributed by atoms with E-state index in [-0.39, 0.29) is 18.0 Å². The van der Waals surface area contributed by atoms with Crippen LogP contribution in [-0.2, 0) is 20.9 Å². The van der Waals surface area contributed by atoms with Crippen molar-refractivity contribution in [2.45, 2.75) is 50.9 Å². The number of nitrogens with zero attached hydrogens (tertiary/aromatic N) is 1. The van der Waals surface area contributed by atoms with Gasteiger partial charge >= 0.3 is 12.0 Å². The minimum absolute atomic E-state index is 0.117. The zero-order chi connectivity index (χ0) is 29.7. The van der Waals surface area contributed by atoms with Crippen LogP contribution in [0.5, 0.6) is 0 Å². The number of hydrazone groups is 1. The molecule has 0 unspecified atom stereocenters. The molecule has 1 saturated carbocycles. The normalized spacial score (nSPS) is 20.5. The molecule has 220 valence electrons. The summed E-state index contributed by atoms with van der Waals surface area (Å²) < 4.78 is 11.2. The molecule has 4 atom stereocenters. The Kier molecular flexibility index (Phi) is 11.4. The van der Waals surface area contributed by atoms with Crippen molar-refractivity contribution < 1.29 is 24.2 Å². The molecule has 2 amide bonds. The number of methoxy groups -OCH3 is 1. The number of urea groups is 1. The van der Waals surface area contributed by atoms with E-state index < -0.39 is 18.1 Å². The number of nitrogens with two attached hydrogens (primary N) is 1. The predicted octanol–water partition coefficient (Wildman–Crippen LogP) is 5.60. The van der Waals surface area contributed by atoms with Crippen molar-refractivity contribution in [1.29, 1.82) is 0 Å². The first-order chi connectivity index (χ1) is 20.5. The number of carbonyl (C=O) groups is 2. The molecule has 42 heavy (non-hydrogen) atoms. The molecule has 0 heterocycles. The number of amides is 2. The molecular weight excluding hydrogens is 530 g/mol. The average molecular weight is 570 g/mol. The number of benzene rings is 3. The molecule has 0 saturated heterocycles. The van der Waals surface area contributed by atoms with Crippen LogP contribution in [0.15, 0.2) is 102 Å². The summed E-state index contributed by atoms with van der Waals surface area (Å²) in [5.74, 6) is -0.739. The van der Waals surface area contributed by atoms with Gasteiger partial charge < -0.3 is 20.3 Å². The minimum Gasteiger partial charge on any atom is -0.469 e. The lowest BCUT2D eigenvalue weighted by molar-refractivity contribution is -0.140. The first-order valence-corrected chi connectivity index (χ1v) is 14.3. The number of nitrogens with one attached hydrogen (secondary N) is 1. The number of aliphatic hydroxyl groups is 1. The molecular formula is C34H39N3O5. The fourth-order valence-electron chi connectivity index (χ4n) is 5.47. The lowest BCUT2D eigenvalue weighted by Gasteiger charge is -2.26. The van der Waals surface area contributed by atoms with Crippen molar-refractivity contribution in [3.05, 3.63) is 108 Å². The van der Waals surface area contributed by atoms with Crippen LogP contribution < -0.4 is 11.2 Å². The first-order valence-electron chi connectivity index (χ1n) is 14.3. The summed E-state index contributed by atoms with van der Waals surface area (Å²) in [5.41, 5.74) is 12.4. The summed E-state index contributed by atoms with van der Waals surface area (Å²) in [5, 5.41) is 15.7. The van der Waals surface area contributed by atoms with E-state index in [0.29, 0.717) is 38.0 Å². The Morgan fingerprint density at radius 2 is 1.64 bits per heavy atom. The molecule has 4 rings (SSSR count). The van der Waals surface area contributed by atoms with E-state index in [1.165, 1.54) is 7.11 Å². The Morgan fingerprint density at radius 3 is 2.31 bits per heavy atom. The third-order valence-corrected chi connectivity index (χ3v) is 7.58. The van der Waals surface area contributed by atoms with Crippen molar-refractivity contribution in [3.63, 3.8) is 0 Å². The number of primary amides is 1. The van der Waals surface area contributed by atoms with Gasteiger partial charge in [-0.2, -0.15) is 5.10 Å². The number of carbonyl (C=O) groups excluding carboxylic acids is 2. The molecule has 4 N–H and O–H groups in total. The number of allylic oxidation sites excluding steroid dienone is 2. The quantitative estimate of drug-likeness (QED) is 0.0813. The van der Waals surface area contributed by atoms with Crippen LogP contribution in [0.4, 0.5) is 4.79 Å². The Labute approximate surface area is 247 Å². The van der Waals surface area contributed by atoms with Gasteiger partial charge in [-0.25, -0.2) is 10.2 Å². The molecule has 1 aliphatic rings. The van der Waals surface area contributed by atoms with E-state index in [1.807, 2.05) is 54.6 Å². The number of hydrogen-bond acceptors (Lipinski definition) is 6. The topological polar surface area (TPSA) is 123 Å². The Morgan fingerprint density at radius 1 is 0.976 bits per heavy atom. The van der Waals surface area contributed by atoms with E-state index in [4.69, 9.17) is 15.2 Å². The SMILES string of the molecule is COC(=O)CCC/C=C\C[C@@H]1[C@@H](C(=NNC(N)=O)c2ccccc2)[C@H](O)C[C@@H]1OCc1ccc(-c2ccccc2)cc1. The molecule has 0 aromatic heterocycles. The lowest BCUT2D eigenvalue weighted by Crippen LogP contribution is -2.34. The Hall–Kier alpha value is -4.27. The highest BCUT2D eigenvalue weighted by Gasteiger charge is 2.45. The highest BCUT2D eigenvalue weighted by Crippen LogP contribution is 2.40. The van der Waals surface area contributed by atoms with Crippen LogP contribution >= 0.6 is 0 Å². The van der Waals surface area contributed by atoms with Crippen LogP contribution in [0.1, 0.15) is 43.2 Å². The van der Waals surface area contributed by atoms with Crippen LogP contribution in [-0.4, -0.2) is 42.1 Å². The standard InChI is InChI=1S/C34H39N3O5/c1-41-31(39)17-11-3-2-10-16-28-30(42-23-24-18-20-26(21-19-24)25-12-6-4-7-13-25)22-29(38)32(28)33(36-37-34(35)40)27-14-8-5-9-15-27/h2,4-10,12-15,18-21,28-30,32,38H,3,11,16-17,22-23H2,1H3,(H3,35,37,40)/b10-2-,36-33?/t28-,29+,30-,32+/m0/s1. The molecule has 8 nitrogen and oxygen atoms in total. The van der Waals surface area contributed by atoms with Crippen molar-refractivity contribution in [2.75, 3.05) is 7.11 Å². The van der Waals surface area contributed by atoms with E-state index in [1.54, 1.807) is 0 Å². The van der Waals surface area contributed by atoms with Crippen molar-refractivity contribution >= 4 is 17.7 Å². The molecule has 0 radical (unpaired) electrons. The molecule has 1 fully saturated rings. The Bertz CT molecular complexity index is 1340. The molecule has 1 aliphatic carbocycles. The number of ether oxygens (including phenoxy) is 2. The van der Waals surface area contributed by atoms with Crippen molar-refractivity contribution in [2.24, 2.45) is 22.7 Å². The maximum atomic E-state index is 11.6. The summed E-state index contributed by atoms with van der Waals surface area (Å²) in [6, 6.07) is 27.2. The van der Waals surface area contributed by atoms with Crippen LogP contribution in [0.25, 0.3) is 11.1 Å². The van der Waals surface area contributed by atoms with E-state index in [2.05, 4.69) is 53.0 Å². The third kappa shape index (κ3) is 8.61. The second-order valence-corrected chi connectivity index (χ2v) is 10.4. The van der Waals surface area contributed by atoms with Gasteiger partial charge in [-0.15, -0.1) is 0 Å². The number of aliphatic hydroxyl groups excluding tert-OH is 1. The maximum absolute atomic E-state index is 11.6. The summed E-state index contributed by atoms with van der Waals surface area (Å²) in [4.78, 5) is 23.0. The van der Waals surface area contributed by atoms with E-state index in [0.717, 1.165) is 28.7 Å². The van der Waals surface area contributed by atoms with Crippen LogP contribution in [0.2, 0.25) is 0 Å². The first kappa shape index (κ1) is 30.7. The van der Waals surface area contributed by atoms with E-state index in [9.17, 15) is 14.7 Å². The highest BCUT2D eigenvalue weighted by molar-refractivity contribution is 6.03. The zero-order valence-corrected chi connectivity index (χ0v) is 23.9. The van der Waals surface area contributed by atoms with Gasteiger partial charge in [0.15, 0.2) is 0 Å². The number of rotatable bonds is 13. The van der Waals surface area contributed by atoms with E-state index >= 15 is 0 Å². The predicted molar refractivity (Wildman–Crippen MR) is 163 cm³/mol. The van der Waals surface area contributed by atoms with Gasteiger partial charge in [0.25, 0.3) is 0 Å². The fourth-order valence-corrected chi connectivity index (χ4v) is 5.47. The fraction of sp³-hybridized carbons (Fsp3) is 0.324. The second kappa shape index (κ2) is 15.7. The highest BCUT2D eigenvalue weighted by atomic mass is 16.5. The minimum atomic E-state index is -0.773. The van der Waals surface area contributed by atoms with Crippen molar-refractivity contribution in [1.82, 2.24) is 5.43 Å². The van der Waals surface area contributed by atoms with Gasteiger partial charge in [0, 0.05) is 18.8 Å². The molecule has 3 aromatic rings. The number of hydrogen-bond donors (Lipinski definition) is 3. The maximum Gasteiger partial charge on any atom is 0.332 e. The van der Waals surface area contributed by atoms with Crippen LogP contribution in [0.3, 0.4) is 0 Å². The molecule has 3 aromatic carbocycles. The summed E-state index contributed by atoms with van der Waals surface area (Å²) in [6.45, 7) is 0.399. The Balaban J connectivity index is 1.52. The lowest BCUT2D eigenvalue weighted by atomic mass is 9.83. The largest absolute Gasteiger partial charge is 0.469 e. The van der Waals surface area contributed by atoms with Crippen molar-refractivity contribution in [3.8, 4) is 11.1 Å².